The number of ether oxygens (including phenoxy) is 1. The standard InChI is InChI=1S/C17H23BrFNO2/c1-17(2,19)12-20-7-5-13(6-8-20)11-22-16-4-3-15(18)9-14(16)10-21/h3-4,9-10,13H,5-8,11-12H2,1-2H3. The van der Waals surface area contributed by atoms with Crippen molar-refractivity contribution in [2.24, 2.45) is 5.92 Å². The number of piperidine rings is 1. The van der Waals surface area contributed by atoms with Gasteiger partial charge in [0.15, 0.2) is 6.29 Å². The van der Waals surface area contributed by atoms with Crippen LogP contribution < -0.4 is 4.74 Å². The highest BCUT2D eigenvalue weighted by molar-refractivity contribution is 9.10. The average molecular weight is 372 g/mol. The molecule has 0 saturated carbocycles. The minimum Gasteiger partial charge on any atom is -0.493 e. The maximum absolute atomic E-state index is 13.7. The second-order valence-electron chi connectivity index (χ2n) is 6.55. The molecule has 0 bridgehead atoms. The van der Waals surface area contributed by atoms with Gasteiger partial charge in [-0.1, -0.05) is 15.9 Å². The number of hydrogen-bond donors (Lipinski definition) is 0. The predicted molar refractivity (Wildman–Crippen MR) is 89.4 cm³/mol. The molecule has 0 radical (unpaired) electrons. The second-order valence-corrected chi connectivity index (χ2v) is 7.46. The summed E-state index contributed by atoms with van der Waals surface area (Å²) in [5.41, 5.74) is -0.578. The fourth-order valence-electron chi connectivity index (χ4n) is 2.79. The molecule has 1 fully saturated rings. The molecule has 22 heavy (non-hydrogen) atoms. The van der Waals surface area contributed by atoms with Crippen molar-refractivity contribution in [2.75, 3.05) is 26.2 Å². The van der Waals surface area contributed by atoms with Crippen molar-refractivity contribution in [3.8, 4) is 5.75 Å². The van der Waals surface area contributed by atoms with Crippen LogP contribution in [0.25, 0.3) is 0 Å². The molecule has 1 aromatic carbocycles. The van der Waals surface area contributed by atoms with Gasteiger partial charge >= 0.3 is 0 Å². The molecule has 0 N–H and O–H groups in total. The van der Waals surface area contributed by atoms with Crippen molar-refractivity contribution in [1.82, 2.24) is 4.90 Å². The number of carbonyl (C=O) groups excluding carboxylic acids is 1. The summed E-state index contributed by atoms with van der Waals surface area (Å²) in [6.07, 6.45) is 2.82. The van der Waals surface area contributed by atoms with Gasteiger partial charge in [0.1, 0.15) is 11.4 Å². The Morgan fingerprint density at radius 2 is 2.09 bits per heavy atom. The molecule has 122 valence electrons. The first-order chi connectivity index (χ1) is 10.4. The number of aldehydes is 1. The van der Waals surface area contributed by atoms with Crippen LogP contribution in [0.4, 0.5) is 4.39 Å². The molecule has 0 atom stereocenters. The van der Waals surface area contributed by atoms with Crippen LogP contribution in [0.15, 0.2) is 22.7 Å². The molecular formula is C17H23BrFNO2. The first-order valence-electron chi connectivity index (χ1n) is 7.66. The van der Waals surface area contributed by atoms with Crippen LogP contribution in [0.5, 0.6) is 5.75 Å². The average Bonchev–Trinajstić information content (AvgIpc) is 2.45. The third-order valence-electron chi connectivity index (χ3n) is 3.88. The van der Waals surface area contributed by atoms with E-state index in [2.05, 4.69) is 20.8 Å². The Morgan fingerprint density at radius 1 is 1.41 bits per heavy atom. The molecule has 1 saturated heterocycles. The maximum atomic E-state index is 13.7. The number of likely N-dealkylation sites (tertiary alicyclic amines) is 1. The van der Waals surface area contributed by atoms with Gasteiger partial charge in [-0.25, -0.2) is 4.39 Å². The number of hydrogen-bond acceptors (Lipinski definition) is 3. The van der Waals surface area contributed by atoms with E-state index in [0.29, 0.717) is 30.4 Å². The monoisotopic (exact) mass is 371 g/mol. The van der Waals surface area contributed by atoms with E-state index in [9.17, 15) is 9.18 Å². The van der Waals surface area contributed by atoms with E-state index in [0.717, 1.165) is 36.7 Å². The van der Waals surface area contributed by atoms with E-state index < -0.39 is 5.67 Å². The van der Waals surface area contributed by atoms with E-state index in [1.807, 2.05) is 12.1 Å². The Kier molecular flexibility index (Phi) is 5.98. The third kappa shape index (κ3) is 5.36. The van der Waals surface area contributed by atoms with E-state index in [-0.39, 0.29) is 0 Å². The minimum absolute atomic E-state index is 0.460. The van der Waals surface area contributed by atoms with Crippen molar-refractivity contribution >= 4 is 22.2 Å². The van der Waals surface area contributed by atoms with Crippen LogP contribution in [0.2, 0.25) is 0 Å². The van der Waals surface area contributed by atoms with Crippen molar-refractivity contribution in [1.29, 1.82) is 0 Å². The van der Waals surface area contributed by atoms with Gasteiger partial charge in [0.25, 0.3) is 0 Å². The van der Waals surface area contributed by atoms with Crippen LogP contribution >= 0.6 is 15.9 Å². The lowest BCUT2D eigenvalue weighted by Gasteiger charge is -2.34. The van der Waals surface area contributed by atoms with Gasteiger partial charge in [0.05, 0.1) is 12.2 Å². The van der Waals surface area contributed by atoms with Crippen molar-refractivity contribution in [3.63, 3.8) is 0 Å². The number of rotatable bonds is 6. The fraction of sp³-hybridized carbons (Fsp3) is 0.588. The first kappa shape index (κ1) is 17.4. The zero-order chi connectivity index (χ0) is 16.2. The molecule has 1 aliphatic heterocycles. The summed E-state index contributed by atoms with van der Waals surface area (Å²) in [6, 6.07) is 5.44. The molecule has 3 nitrogen and oxygen atoms in total. The number of nitrogens with zero attached hydrogens (tertiary/aromatic N) is 1. The van der Waals surface area contributed by atoms with Gasteiger partial charge in [0.2, 0.25) is 0 Å². The van der Waals surface area contributed by atoms with E-state index >= 15 is 0 Å². The van der Waals surface area contributed by atoms with Crippen LogP contribution in [-0.2, 0) is 0 Å². The molecule has 0 aliphatic carbocycles. The highest BCUT2D eigenvalue weighted by Gasteiger charge is 2.25. The SMILES string of the molecule is CC(C)(F)CN1CCC(COc2ccc(Br)cc2C=O)CC1. The van der Waals surface area contributed by atoms with Crippen LogP contribution in [0.1, 0.15) is 37.0 Å². The zero-order valence-corrected chi connectivity index (χ0v) is 14.7. The molecule has 0 unspecified atom stereocenters. The summed E-state index contributed by atoms with van der Waals surface area (Å²) in [4.78, 5) is 13.2. The molecule has 5 heteroatoms. The van der Waals surface area contributed by atoms with Crippen molar-refractivity contribution in [2.45, 2.75) is 32.4 Å². The van der Waals surface area contributed by atoms with Crippen molar-refractivity contribution < 1.29 is 13.9 Å². The van der Waals surface area contributed by atoms with Crippen molar-refractivity contribution in [3.05, 3.63) is 28.2 Å². The molecule has 1 aliphatic rings. The fourth-order valence-corrected chi connectivity index (χ4v) is 3.17. The maximum Gasteiger partial charge on any atom is 0.153 e. The Morgan fingerprint density at radius 3 is 2.68 bits per heavy atom. The number of benzene rings is 1. The largest absolute Gasteiger partial charge is 0.493 e. The Bertz CT molecular complexity index is 508. The zero-order valence-electron chi connectivity index (χ0n) is 13.1. The quantitative estimate of drug-likeness (QED) is 0.705. The molecule has 0 aromatic heterocycles. The minimum atomic E-state index is -1.14. The highest BCUT2D eigenvalue weighted by atomic mass is 79.9. The number of halogens is 2. The molecule has 0 amide bonds. The van der Waals surface area contributed by atoms with Gasteiger partial charge in [-0.15, -0.1) is 0 Å². The molecule has 1 aromatic rings. The summed E-state index contributed by atoms with van der Waals surface area (Å²) < 4.78 is 20.3. The molecule has 0 spiro atoms. The number of carbonyl (C=O) groups is 1. The first-order valence-corrected chi connectivity index (χ1v) is 8.45. The van der Waals surface area contributed by atoms with Crippen LogP contribution in [0.3, 0.4) is 0 Å². The third-order valence-corrected chi connectivity index (χ3v) is 4.37. The van der Waals surface area contributed by atoms with Gasteiger partial charge < -0.3 is 9.64 Å². The summed E-state index contributed by atoms with van der Waals surface area (Å²) in [5, 5.41) is 0. The molecular weight excluding hydrogens is 349 g/mol. The lowest BCUT2D eigenvalue weighted by Crippen LogP contribution is -2.41. The van der Waals surface area contributed by atoms with Crippen LogP contribution in [-0.4, -0.2) is 43.1 Å². The van der Waals surface area contributed by atoms with Gasteiger partial charge in [-0.3, -0.25) is 4.79 Å². The topological polar surface area (TPSA) is 29.5 Å². The predicted octanol–water partition coefficient (Wildman–Crippen LogP) is 4.10. The summed E-state index contributed by atoms with van der Waals surface area (Å²) in [5.74, 6) is 1.09. The normalized spacial score (nSPS) is 17.5. The van der Waals surface area contributed by atoms with Gasteiger partial charge in [-0.05, 0) is 63.9 Å². The lowest BCUT2D eigenvalue weighted by atomic mass is 9.97. The summed E-state index contributed by atoms with van der Waals surface area (Å²) in [6.45, 7) is 6.15. The Labute approximate surface area is 140 Å². The van der Waals surface area contributed by atoms with E-state index in [4.69, 9.17) is 4.74 Å². The van der Waals surface area contributed by atoms with Gasteiger partial charge in [-0.2, -0.15) is 0 Å². The van der Waals surface area contributed by atoms with E-state index in [1.165, 1.54) is 0 Å². The Balaban J connectivity index is 1.81. The second kappa shape index (κ2) is 7.55. The van der Waals surface area contributed by atoms with Gasteiger partial charge in [0, 0.05) is 11.0 Å². The van der Waals surface area contributed by atoms with E-state index in [1.54, 1.807) is 19.9 Å². The smallest absolute Gasteiger partial charge is 0.153 e. The highest BCUT2D eigenvalue weighted by Crippen LogP contribution is 2.25. The van der Waals surface area contributed by atoms with Crippen LogP contribution in [0, 0.1) is 5.92 Å². The molecule has 2 rings (SSSR count). The summed E-state index contributed by atoms with van der Waals surface area (Å²) >= 11 is 3.34. The Hall–Kier alpha value is -0.940. The molecule has 1 heterocycles. The lowest BCUT2D eigenvalue weighted by molar-refractivity contribution is 0.0834. The number of alkyl halides is 1. The summed E-state index contributed by atoms with van der Waals surface area (Å²) in [7, 11) is 0.